The van der Waals surface area contributed by atoms with Crippen LogP contribution in [0.15, 0.2) is 71.8 Å². The summed E-state index contributed by atoms with van der Waals surface area (Å²) < 4.78 is 22.0. The molecule has 10 nitrogen and oxygen atoms in total. The molecule has 2 amide bonds. The van der Waals surface area contributed by atoms with Crippen LogP contribution in [0.2, 0.25) is 5.02 Å². The van der Waals surface area contributed by atoms with Crippen LogP contribution in [0.4, 0.5) is 0 Å². The van der Waals surface area contributed by atoms with Gasteiger partial charge in [0.05, 0.1) is 56.9 Å². The van der Waals surface area contributed by atoms with Crippen LogP contribution in [0, 0.1) is 0 Å². The van der Waals surface area contributed by atoms with Crippen LogP contribution in [0.25, 0.3) is 0 Å². The molecule has 1 saturated heterocycles. The van der Waals surface area contributed by atoms with Crippen molar-refractivity contribution in [2.45, 2.75) is 12.5 Å². The lowest BCUT2D eigenvalue weighted by atomic mass is 9.97. The Balaban J connectivity index is 1.47. The second-order valence-corrected chi connectivity index (χ2v) is 10.9. The van der Waals surface area contributed by atoms with Gasteiger partial charge in [-0.25, -0.2) is 5.01 Å². The zero-order valence-corrected chi connectivity index (χ0v) is 26.0. The van der Waals surface area contributed by atoms with Crippen molar-refractivity contribution in [1.29, 1.82) is 0 Å². The number of methoxy groups -OCH3 is 3. The minimum atomic E-state index is -0.485. The molecule has 232 valence electrons. The summed E-state index contributed by atoms with van der Waals surface area (Å²) in [7, 11) is 4.80. The minimum absolute atomic E-state index is 0.184. The molecule has 3 aromatic rings. The number of carbonyl (C=O) groups is 2. The molecule has 0 bridgehead atoms. The van der Waals surface area contributed by atoms with E-state index in [1.54, 1.807) is 50.5 Å². The monoisotopic (exact) mass is 620 g/mol. The van der Waals surface area contributed by atoms with Gasteiger partial charge in [-0.15, -0.1) is 0 Å². The summed E-state index contributed by atoms with van der Waals surface area (Å²) >= 11 is 6.42. The van der Waals surface area contributed by atoms with Gasteiger partial charge in [-0.3, -0.25) is 14.5 Å². The molecule has 1 atom stereocenters. The summed E-state index contributed by atoms with van der Waals surface area (Å²) in [5.41, 5.74) is 2.70. The molecule has 2 aliphatic heterocycles. The van der Waals surface area contributed by atoms with E-state index in [0.717, 1.165) is 35.7 Å². The van der Waals surface area contributed by atoms with E-state index in [4.69, 9.17) is 35.6 Å². The highest BCUT2D eigenvalue weighted by Crippen LogP contribution is 2.39. The molecule has 0 aliphatic carbocycles. The standard InChI is InChI=1S/C33H37ClN4O6/c1-41-24-10-8-23(9-11-24)29-21-30(27-20-25(42-2)12-13-31(27)43-3)38(35-29)32(39)22-37(15-14-36-16-18-44-19-17-36)33(40)26-6-4-5-7-28(26)34/h4-13,20,30H,14-19,21-22H2,1-3H3. The predicted octanol–water partition coefficient (Wildman–Crippen LogP) is 4.52. The van der Waals surface area contributed by atoms with E-state index in [1.165, 1.54) is 5.01 Å². The van der Waals surface area contributed by atoms with Gasteiger partial charge in [0.1, 0.15) is 23.8 Å². The number of hydrogen-bond acceptors (Lipinski definition) is 8. The van der Waals surface area contributed by atoms with Gasteiger partial charge in [-0.1, -0.05) is 23.7 Å². The largest absolute Gasteiger partial charge is 0.497 e. The maximum atomic E-state index is 14.2. The first-order valence-corrected chi connectivity index (χ1v) is 14.9. The average Bonchev–Trinajstić information content (AvgIpc) is 3.52. The van der Waals surface area contributed by atoms with Crippen LogP contribution in [-0.2, 0) is 9.53 Å². The van der Waals surface area contributed by atoms with Crippen molar-refractivity contribution in [3.05, 3.63) is 88.4 Å². The Morgan fingerprint density at radius 1 is 0.955 bits per heavy atom. The Kier molecular flexibility index (Phi) is 10.4. The minimum Gasteiger partial charge on any atom is -0.497 e. The summed E-state index contributed by atoms with van der Waals surface area (Å²) in [6.45, 7) is 3.56. The average molecular weight is 621 g/mol. The van der Waals surface area contributed by atoms with E-state index >= 15 is 0 Å². The van der Waals surface area contributed by atoms with Crippen molar-refractivity contribution in [3.8, 4) is 17.2 Å². The first kappa shape index (κ1) is 31.3. The molecule has 1 unspecified atom stereocenters. The zero-order valence-electron chi connectivity index (χ0n) is 25.2. The molecule has 0 N–H and O–H groups in total. The van der Waals surface area contributed by atoms with Crippen molar-refractivity contribution >= 4 is 29.1 Å². The summed E-state index contributed by atoms with van der Waals surface area (Å²) in [6.07, 6.45) is 0.438. The highest BCUT2D eigenvalue weighted by Gasteiger charge is 2.36. The van der Waals surface area contributed by atoms with E-state index in [9.17, 15) is 9.59 Å². The third kappa shape index (κ3) is 7.15. The number of morpholine rings is 1. The Morgan fingerprint density at radius 2 is 1.66 bits per heavy atom. The van der Waals surface area contributed by atoms with E-state index in [2.05, 4.69) is 4.90 Å². The number of ether oxygens (including phenoxy) is 4. The van der Waals surface area contributed by atoms with Gasteiger partial charge < -0.3 is 23.8 Å². The van der Waals surface area contributed by atoms with Gasteiger partial charge in [0, 0.05) is 38.2 Å². The fourth-order valence-electron chi connectivity index (χ4n) is 5.42. The molecule has 2 heterocycles. The summed E-state index contributed by atoms with van der Waals surface area (Å²) in [4.78, 5) is 31.8. The van der Waals surface area contributed by atoms with E-state index < -0.39 is 6.04 Å². The molecular formula is C33H37ClN4O6. The van der Waals surface area contributed by atoms with Crippen LogP contribution in [0.1, 0.15) is 33.9 Å². The Bertz CT molecular complexity index is 1490. The summed E-state index contributed by atoms with van der Waals surface area (Å²) in [6, 6.07) is 19.4. The Labute approximate surface area is 262 Å². The first-order chi connectivity index (χ1) is 21.4. The summed E-state index contributed by atoms with van der Waals surface area (Å²) in [5, 5.41) is 6.63. The molecule has 11 heteroatoms. The van der Waals surface area contributed by atoms with Crippen LogP contribution in [-0.4, -0.2) is 99.6 Å². The van der Waals surface area contributed by atoms with Crippen LogP contribution in [0.5, 0.6) is 17.2 Å². The maximum absolute atomic E-state index is 14.2. The second-order valence-electron chi connectivity index (χ2n) is 10.5. The molecule has 5 rings (SSSR count). The quantitative estimate of drug-likeness (QED) is 0.311. The molecular weight excluding hydrogens is 584 g/mol. The molecule has 0 radical (unpaired) electrons. The fraction of sp³-hybridized carbons (Fsp3) is 0.364. The van der Waals surface area contributed by atoms with Crippen LogP contribution >= 0.6 is 11.6 Å². The molecule has 2 aliphatic rings. The molecule has 3 aromatic carbocycles. The fourth-order valence-corrected chi connectivity index (χ4v) is 5.64. The van der Waals surface area contributed by atoms with E-state index in [0.29, 0.717) is 54.8 Å². The molecule has 0 spiro atoms. The topological polar surface area (TPSA) is 93.1 Å². The lowest BCUT2D eigenvalue weighted by molar-refractivity contribution is -0.133. The second kappa shape index (κ2) is 14.6. The SMILES string of the molecule is COc1ccc(C2=NN(C(=O)CN(CCN3CCOCC3)C(=O)c3ccccc3Cl)C(c3cc(OC)ccc3OC)C2)cc1. The molecule has 1 fully saturated rings. The van der Waals surface area contributed by atoms with Crippen LogP contribution in [0.3, 0.4) is 0 Å². The highest BCUT2D eigenvalue weighted by molar-refractivity contribution is 6.33. The van der Waals surface area contributed by atoms with Crippen molar-refractivity contribution < 1.29 is 28.5 Å². The normalized spacial score (nSPS) is 16.8. The zero-order chi connectivity index (χ0) is 31.1. The maximum Gasteiger partial charge on any atom is 0.262 e. The third-order valence-corrected chi connectivity index (χ3v) is 8.22. The Hall–Kier alpha value is -4.12. The number of halogens is 1. The smallest absolute Gasteiger partial charge is 0.262 e. The van der Waals surface area contributed by atoms with Gasteiger partial charge in [-0.2, -0.15) is 5.10 Å². The predicted molar refractivity (Wildman–Crippen MR) is 168 cm³/mol. The van der Waals surface area contributed by atoms with Crippen molar-refractivity contribution in [1.82, 2.24) is 14.8 Å². The van der Waals surface area contributed by atoms with Gasteiger partial charge >= 0.3 is 0 Å². The van der Waals surface area contributed by atoms with Gasteiger partial charge in [0.15, 0.2) is 0 Å². The van der Waals surface area contributed by atoms with Gasteiger partial charge in [0.25, 0.3) is 11.8 Å². The Morgan fingerprint density at radius 3 is 2.34 bits per heavy atom. The molecule has 44 heavy (non-hydrogen) atoms. The number of amides is 2. The lowest BCUT2D eigenvalue weighted by Crippen LogP contribution is -2.46. The number of hydrazone groups is 1. The lowest BCUT2D eigenvalue weighted by Gasteiger charge is -2.31. The summed E-state index contributed by atoms with van der Waals surface area (Å²) in [5.74, 6) is 1.32. The van der Waals surface area contributed by atoms with E-state index in [-0.39, 0.29) is 18.4 Å². The van der Waals surface area contributed by atoms with Crippen LogP contribution < -0.4 is 14.2 Å². The van der Waals surface area contributed by atoms with Gasteiger partial charge in [-0.05, 0) is 60.2 Å². The number of carbonyl (C=O) groups excluding carboxylic acids is 2. The number of rotatable bonds is 11. The van der Waals surface area contributed by atoms with Gasteiger partial charge in [0.2, 0.25) is 0 Å². The third-order valence-electron chi connectivity index (χ3n) is 7.89. The number of hydrogen-bond donors (Lipinski definition) is 0. The first-order valence-electron chi connectivity index (χ1n) is 14.5. The molecule has 0 aromatic heterocycles. The van der Waals surface area contributed by atoms with Crippen molar-refractivity contribution in [2.24, 2.45) is 5.10 Å². The number of benzene rings is 3. The van der Waals surface area contributed by atoms with Crippen molar-refractivity contribution in [3.63, 3.8) is 0 Å². The molecule has 0 saturated carbocycles. The number of nitrogens with zero attached hydrogens (tertiary/aromatic N) is 4. The highest BCUT2D eigenvalue weighted by atomic mass is 35.5. The van der Waals surface area contributed by atoms with Crippen molar-refractivity contribution in [2.75, 3.05) is 67.3 Å². The van der Waals surface area contributed by atoms with E-state index in [1.807, 2.05) is 42.5 Å².